The predicted molar refractivity (Wildman–Crippen MR) is 90.0 cm³/mol. The Labute approximate surface area is 142 Å². The van der Waals surface area contributed by atoms with E-state index in [2.05, 4.69) is 0 Å². The zero-order valence-corrected chi connectivity index (χ0v) is 14.0. The lowest BCUT2D eigenvalue weighted by Gasteiger charge is -2.25. The van der Waals surface area contributed by atoms with Crippen LogP contribution in [0.3, 0.4) is 0 Å². The molecule has 0 aromatic heterocycles. The molecule has 1 amide bonds. The van der Waals surface area contributed by atoms with Gasteiger partial charge in [-0.2, -0.15) is 13.2 Å². The van der Waals surface area contributed by atoms with Gasteiger partial charge in [0.1, 0.15) is 5.37 Å². The molecule has 0 saturated carbocycles. The molecule has 2 aromatic carbocycles. The van der Waals surface area contributed by atoms with Crippen LogP contribution in [0.2, 0.25) is 0 Å². The van der Waals surface area contributed by atoms with Crippen molar-refractivity contribution in [3.63, 3.8) is 0 Å². The Morgan fingerprint density at radius 1 is 1.04 bits per heavy atom. The molecular weight excluding hydrogens is 335 g/mol. The molecule has 1 fully saturated rings. The van der Waals surface area contributed by atoms with Crippen LogP contribution in [0.5, 0.6) is 0 Å². The Balaban J connectivity index is 1.95. The number of benzene rings is 2. The first-order valence-corrected chi connectivity index (χ1v) is 8.50. The lowest BCUT2D eigenvalue weighted by molar-refractivity contribution is -0.137. The minimum absolute atomic E-state index is 0.0945. The molecule has 1 heterocycles. The summed E-state index contributed by atoms with van der Waals surface area (Å²) in [4.78, 5) is 13.9. The van der Waals surface area contributed by atoms with Gasteiger partial charge in [0.15, 0.2) is 0 Å². The molecule has 3 rings (SSSR count). The second-order valence-electron chi connectivity index (χ2n) is 5.82. The van der Waals surface area contributed by atoms with E-state index in [9.17, 15) is 18.0 Å². The third-order valence-electron chi connectivity index (χ3n) is 4.16. The summed E-state index contributed by atoms with van der Waals surface area (Å²) in [6, 6.07) is 10.8. The molecule has 0 radical (unpaired) electrons. The minimum Gasteiger partial charge on any atom is -0.295 e. The number of rotatable bonds is 2. The summed E-state index contributed by atoms with van der Waals surface area (Å²) in [6.45, 7) is 4.02. The summed E-state index contributed by atoms with van der Waals surface area (Å²) in [5.41, 5.74) is 3.04. The highest BCUT2D eigenvalue weighted by atomic mass is 32.2. The molecule has 1 aliphatic heterocycles. The van der Waals surface area contributed by atoms with Crippen LogP contribution in [-0.2, 0) is 11.0 Å². The smallest absolute Gasteiger partial charge is 0.295 e. The number of anilines is 1. The maximum atomic E-state index is 12.7. The van der Waals surface area contributed by atoms with Crippen LogP contribution in [0.25, 0.3) is 0 Å². The molecule has 1 aliphatic rings. The van der Waals surface area contributed by atoms with Gasteiger partial charge in [-0.1, -0.05) is 18.2 Å². The maximum Gasteiger partial charge on any atom is 0.416 e. The van der Waals surface area contributed by atoms with Crippen molar-refractivity contribution < 1.29 is 18.0 Å². The Bertz CT molecular complexity index is 771. The topological polar surface area (TPSA) is 20.3 Å². The molecule has 0 spiro atoms. The van der Waals surface area contributed by atoms with Gasteiger partial charge in [-0.15, -0.1) is 11.8 Å². The molecule has 24 heavy (non-hydrogen) atoms. The summed E-state index contributed by atoms with van der Waals surface area (Å²) in [5.74, 6) is 0.224. The van der Waals surface area contributed by atoms with Crippen LogP contribution >= 0.6 is 11.8 Å². The Morgan fingerprint density at radius 2 is 1.71 bits per heavy atom. The number of hydrogen-bond donors (Lipinski definition) is 0. The largest absolute Gasteiger partial charge is 0.416 e. The number of aryl methyl sites for hydroxylation is 2. The van der Waals surface area contributed by atoms with Crippen LogP contribution in [0.1, 0.15) is 27.6 Å². The Hall–Kier alpha value is -1.95. The maximum absolute atomic E-state index is 12.7. The molecule has 0 N–H and O–H groups in total. The van der Waals surface area contributed by atoms with Crippen molar-refractivity contribution in [3.05, 3.63) is 64.7 Å². The van der Waals surface area contributed by atoms with Gasteiger partial charge >= 0.3 is 6.18 Å². The van der Waals surface area contributed by atoms with Gasteiger partial charge in [0, 0.05) is 5.69 Å². The highest BCUT2D eigenvalue weighted by molar-refractivity contribution is 8.00. The molecule has 6 heteroatoms. The molecule has 0 bridgehead atoms. The molecule has 1 unspecified atom stereocenters. The predicted octanol–water partition coefficient (Wildman–Crippen LogP) is 5.10. The van der Waals surface area contributed by atoms with Crippen molar-refractivity contribution in [2.24, 2.45) is 0 Å². The summed E-state index contributed by atoms with van der Waals surface area (Å²) < 4.78 is 38.1. The summed E-state index contributed by atoms with van der Waals surface area (Å²) >= 11 is 1.48. The molecule has 1 atom stereocenters. The van der Waals surface area contributed by atoms with E-state index in [0.717, 1.165) is 28.8 Å². The average Bonchev–Trinajstić information content (AvgIpc) is 2.91. The SMILES string of the molecule is Cc1ccc(C2SCC(=O)N2c2ccc(C(F)(F)F)cc2)cc1C. The zero-order valence-electron chi connectivity index (χ0n) is 13.2. The van der Waals surface area contributed by atoms with Gasteiger partial charge in [0.25, 0.3) is 0 Å². The first kappa shape index (κ1) is 16.9. The first-order chi connectivity index (χ1) is 11.3. The van der Waals surface area contributed by atoms with Crippen molar-refractivity contribution in [1.82, 2.24) is 0 Å². The van der Waals surface area contributed by atoms with E-state index in [1.165, 1.54) is 23.9 Å². The van der Waals surface area contributed by atoms with Crippen LogP contribution in [-0.4, -0.2) is 11.7 Å². The molecule has 0 aliphatic carbocycles. The van der Waals surface area contributed by atoms with Gasteiger partial charge in [0.2, 0.25) is 5.91 Å². The molecule has 1 saturated heterocycles. The van der Waals surface area contributed by atoms with Crippen molar-refractivity contribution in [3.8, 4) is 0 Å². The number of thioether (sulfide) groups is 1. The average molecular weight is 351 g/mol. The van der Waals surface area contributed by atoms with Crippen molar-refractivity contribution in [2.75, 3.05) is 10.7 Å². The lowest BCUT2D eigenvalue weighted by Crippen LogP contribution is -2.27. The van der Waals surface area contributed by atoms with Crippen molar-refractivity contribution >= 4 is 23.4 Å². The van der Waals surface area contributed by atoms with E-state index in [-0.39, 0.29) is 11.3 Å². The lowest BCUT2D eigenvalue weighted by atomic mass is 10.1. The summed E-state index contributed by atoms with van der Waals surface area (Å²) in [6.07, 6.45) is -4.38. The molecular formula is C18H16F3NOS. The Kier molecular flexibility index (Phi) is 4.34. The van der Waals surface area contributed by atoms with E-state index >= 15 is 0 Å². The summed E-state index contributed by atoms with van der Waals surface area (Å²) in [7, 11) is 0. The number of carbonyl (C=O) groups is 1. The third-order valence-corrected chi connectivity index (χ3v) is 5.37. The van der Waals surface area contributed by atoms with Crippen LogP contribution in [0.15, 0.2) is 42.5 Å². The highest BCUT2D eigenvalue weighted by Gasteiger charge is 2.35. The minimum atomic E-state index is -4.38. The highest BCUT2D eigenvalue weighted by Crippen LogP contribution is 2.42. The molecule has 126 valence electrons. The van der Waals surface area contributed by atoms with Crippen LogP contribution in [0, 0.1) is 13.8 Å². The number of halogens is 3. The van der Waals surface area contributed by atoms with E-state index in [1.54, 1.807) is 4.90 Å². The zero-order chi connectivity index (χ0) is 17.5. The second kappa shape index (κ2) is 6.16. The van der Waals surface area contributed by atoms with E-state index in [0.29, 0.717) is 11.4 Å². The molecule has 2 nitrogen and oxygen atoms in total. The van der Waals surface area contributed by atoms with E-state index in [1.807, 2.05) is 32.0 Å². The fourth-order valence-electron chi connectivity index (χ4n) is 2.68. The van der Waals surface area contributed by atoms with E-state index in [4.69, 9.17) is 0 Å². The number of amides is 1. The quantitative estimate of drug-likeness (QED) is 0.750. The van der Waals surface area contributed by atoms with Gasteiger partial charge in [-0.25, -0.2) is 0 Å². The number of hydrogen-bond acceptors (Lipinski definition) is 2. The van der Waals surface area contributed by atoms with Gasteiger partial charge in [-0.05, 0) is 54.8 Å². The van der Waals surface area contributed by atoms with E-state index < -0.39 is 11.7 Å². The van der Waals surface area contributed by atoms with Gasteiger partial charge in [0.05, 0.1) is 11.3 Å². The fourth-order valence-corrected chi connectivity index (χ4v) is 3.85. The van der Waals surface area contributed by atoms with Crippen molar-refractivity contribution in [1.29, 1.82) is 0 Å². The van der Waals surface area contributed by atoms with Gasteiger partial charge in [-0.3, -0.25) is 9.69 Å². The first-order valence-electron chi connectivity index (χ1n) is 7.45. The number of carbonyl (C=O) groups excluding carboxylic acids is 1. The van der Waals surface area contributed by atoms with Crippen LogP contribution < -0.4 is 4.90 Å². The second-order valence-corrected chi connectivity index (χ2v) is 6.88. The third kappa shape index (κ3) is 3.15. The van der Waals surface area contributed by atoms with Crippen LogP contribution in [0.4, 0.5) is 18.9 Å². The fraction of sp³-hybridized carbons (Fsp3) is 0.278. The Morgan fingerprint density at radius 3 is 2.29 bits per heavy atom. The number of nitrogens with zero attached hydrogens (tertiary/aromatic N) is 1. The standard InChI is InChI=1S/C18H16F3NOS/c1-11-3-4-13(9-12(11)2)17-22(16(23)10-24-17)15-7-5-14(6-8-15)18(19,20)21/h3-9,17H,10H2,1-2H3. The summed E-state index contributed by atoms with van der Waals surface area (Å²) in [5, 5.41) is -0.214. The monoisotopic (exact) mass is 351 g/mol. The normalized spacial score (nSPS) is 18.3. The van der Waals surface area contributed by atoms with Gasteiger partial charge < -0.3 is 0 Å². The molecule has 2 aromatic rings. The number of alkyl halides is 3. The van der Waals surface area contributed by atoms with Crippen molar-refractivity contribution in [2.45, 2.75) is 25.4 Å².